The monoisotopic (exact) mass is 248 g/mol. The van der Waals surface area contributed by atoms with E-state index < -0.39 is 5.97 Å². The lowest BCUT2D eigenvalue weighted by atomic mass is 10.3. The lowest BCUT2D eigenvalue weighted by Crippen LogP contribution is -2.00. The third kappa shape index (κ3) is 2.34. The van der Waals surface area contributed by atoms with Gasteiger partial charge in [-0.25, -0.2) is 9.78 Å². The van der Waals surface area contributed by atoms with Gasteiger partial charge in [-0.15, -0.1) is 11.3 Å². The number of hydrogen-bond donors (Lipinski definition) is 1. The fourth-order valence-corrected chi connectivity index (χ4v) is 2.43. The zero-order valence-electron chi connectivity index (χ0n) is 9.60. The molecule has 0 spiro atoms. The molecule has 2 aromatic rings. The fraction of sp³-hybridized carbons (Fsp3) is 0.250. The smallest absolute Gasteiger partial charge is 0.355 e. The van der Waals surface area contributed by atoms with Crippen molar-refractivity contribution in [3.8, 4) is 10.7 Å². The highest BCUT2D eigenvalue weighted by molar-refractivity contribution is 7.15. The Morgan fingerprint density at radius 3 is 2.71 bits per heavy atom. The molecule has 0 saturated heterocycles. The molecule has 17 heavy (non-hydrogen) atoms. The zero-order valence-corrected chi connectivity index (χ0v) is 10.4. The summed E-state index contributed by atoms with van der Waals surface area (Å²) in [5.74, 6) is -0.975. The molecule has 0 aliphatic rings. The van der Waals surface area contributed by atoms with Crippen LogP contribution in [0.5, 0.6) is 0 Å². The molecule has 0 bridgehead atoms. The van der Waals surface area contributed by atoms with Crippen LogP contribution in [0.4, 0.5) is 0 Å². The van der Waals surface area contributed by atoms with Gasteiger partial charge >= 0.3 is 5.97 Å². The molecule has 0 aliphatic heterocycles. The van der Waals surface area contributed by atoms with Gasteiger partial charge in [0.15, 0.2) is 5.69 Å². The molecule has 5 heteroatoms. The summed E-state index contributed by atoms with van der Waals surface area (Å²) in [5.41, 5.74) is 1.94. The quantitative estimate of drug-likeness (QED) is 0.907. The van der Waals surface area contributed by atoms with E-state index in [1.165, 1.54) is 11.3 Å². The second-order valence-electron chi connectivity index (χ2n) is 3.67. The van der Waals surface area contributed by atoms with E-state index in [9.17, 15) is 4.79 Å². The van der Waals surface area contributed by atoms with Gasteiger partial charge in [0, 0.05) is 11.1 Å². The number of pyridine rings is 1. The third-order valence-electron chi connectivity index (χ3n) is 2.35. The van der Waals surface area contributed by atoms with Crippen LogP contribution >= 0.6 is 11.3 Å². The van der Waals surface area contributed by atoms with Gasteiger partial charge < -0.3 is 5.11 Å². The Morgan fingerprint density at radius 2 is 2.24 bits per heavy atom. The minimum atomic E-state index is -0.975. The number of nitrogens with zero attached hydrogens (tertiary/aromatic N) is 2. The molecule has 0 radical (unpaired) electrons. The zero-order chi connectivity index (χ0) is 12.4. The normalized spacial score (nSPS) is 10.5. The van der Waals surface area contributed by atoms with Gasteiger partial charge in [0.05, 0.1) is 5.69 Å². The molecule has 0 atom stereocenters. The Labute approximate surface area is 103 Å². The van der Waals surface area contributed by atoms with Crippen LogP contribution in [0, 0.1) is 6.92 Å². The molecule has 2 rings (SSSR count). The SMILES string of the molecule is CCc1sc(-c2ccc(C)cn2)nc1C(=O)O. The molecule has 0 saturated carbocycles. The lowest BCUT2D eigenvalue weighted by Gasteiger charge is -1.95. The largest absolute Gasteiger partial charge is 0.476 e. The molecular formula is C12H12N2O2S. The minimum absolute atomic E-state index is 0.148. The molecule has 0 aliphatic carbocycles. The molecule has 4 nitrogen and oxygen atoms in total. The molecule has 88 valence electrons. The van der Waals surface area contributed by atoms with Crippen LogP contribution in [0.15, 0.2) is 18.3 Å². The number of aromatic nitrogens is 2. The molecule has 0 amide bonds. The van der Waals surface area contributed by atoms with E-state index in [-0.39, 0.29) is 5.69 Å². The summed E-state index contributed by atoms with van der Waals surface area (Å²) >= 11 is 1.39. The second-order valence-corrected chi connectivity index (χ2v) is 4.75. The summed E-state index contributed by atoms with van der Waals surface area (Å²) in [6, 6.07) is 3.80. The van der Waals surface area contributed by atoms with Crippen molar-refractivity contribution in [1.29, 1.82) is 0 Å². The van der Waals surface area contributed by atoms with E-state index >= 15 is 0 Å². The Balaban J connectivity index is 2.46. The van der Waals surface area contributed by atoms with Gasteiger partial charge in [-0.3, -0.25) is 4.98 Å². The average Bonchev–Trinajstić information content (AvgIpc) is 2.74. The first-order valence-corrected chi connectivity index (χ1v) is 6.09. The van der Waals surface area contributed by atoms with E-state index in [2.05, 4.69) is 9.97 Å². The Bertz CT molecular complexity index is 546. The average molecular weight is 248 g/mol. The van der Waals surface area contributed by atoms with Crippen molar-refractivity contribution >= 4 is 17.3 Å². The molecular weight excluding hydrogens is 236 g/mol. The van der Waals surface area contributed by atoms with Gasteiger partial charge in [-0.1, -0.05) is 13.0 Å². The summed E-state index contributed by atoms with van der Waals surface area (Å²) in [4.78, 5) is 20.2. The van der Waals surface area contributed by atoms with Crippen LogP contribution in [-0.4, -0.2) is 21.0 Å². The summed E-state index contributed by atoms with van der Waals surface area (Å²) in [6.45, 7) is 3.88. The highest BCUT2D eigenvalue weighted by atomic mass is 32.1. The molecule has 1 N–H and O–H groups in total. The van der Waals surface area contributed by atoms with Crippen molar-refractivity contribution in [2.45, 2.75) is 20.3 Å². The van der Waals surface area contributed by atoms with E-state index in [0.29, 0.717) is 11.4 Å². The number of carboxylic acid groups (broad SMARTS) is 1. The third-order valence-corrected chi connectivity index (χ3v) is 3.57. The first-order valence-electron chi connectivity index (χ1n) is 5.28. The predicted octanol–water partition coefficient (Wildman–Crippen LogP) is 2.77. The number of rotatable bonds is 3. The van der Waals surface area contributed by atoms with Crippen molar-refractivity contribution in [2.24, 2.45) is 0 Å². The highest BCUT2D eigenvalue weighted by Gasteiger charge is 2.17. The number of carboxylic acids is 1. The molecule has 2 heterocycles. The predicted molar refractivity (Wildman–Crippen MR) is 66.4 cm³/mol. The standard InChI is InChI=1S/C12H12N2O2S/c1-3-9-10(12(15)16)14-11(17-9)8-5-4-7(2)6-13-8/h4-6H,3H2,1-2H3,(H,15,16). The van der Waals surface area contributed by atoms with Crippen LogP contribution in [0.3, 0.4) is 0 Å². The van der Waals surface area contributed by atoms with E-state index in [0.717, 1.165) is 16.1 Å². The Kier molecular flexibility index (Phi) is 3.19. The number of aromatic carboxylic acids is 1. The molecule has 0 unspecified atom stereocenters. The maximum absolute atomic E-state index is 11.0. The van der Waals surface area contributed by atoms with Crippen LogP contribution < -0.4 is 0 Å². The van der Waals surface area contributed by atoms with Gasteiger partial charge in [-0.2, -0.15) is 0 Å². The number of aryl methyl sites for hydroxylation is 2. The minimum Gasteiger partial charge on any atom is -0.476 e. The molecule has 2 aromatic heterocycles. The number of hydrogen-bond acceptors (Lipinski definition) is 4. The van der Waals surface area contributed by atoms with Crippen molar-refractivity contribution < 1.29 is 9.90 Å². The summed E-state index contributed by atoms with van der Waals surface area (Å²) in [6.07, 6.45) is 2.42. The van der Waals surface area contributed by atoms with E-state index in [4.69, 9.17) is 5.11 Å². The van der Waals surface area contributed by atoms with Crippen molar-refractivity contribution in [2.75, 3.05) is 0 Å². The van der Waals surface area contributed by atoms with Gasteiger partial charge in [0.2, 0.25) is 0 Å². The maximum atomic E-state index is 11.0. The van der Waals surface area contributed by atoms with Crippen molar-refractivity contribution in [3.63, 3.8) is 0 Å². The van der Waals surface area contributed by atoms with Crippen LogP contribution in [-0.2, 0) is 6.42 Å². The summed E-state index contributed by atoms with van der Waals surface area (Å²) in [5, 5.41) is 9.69. The second kappa shape index (κ2) is 4.63. The summed E-state index contributed by atoms with van der Waals surface area (Å²) < 4.78 is 0. The molecule has 0 fully saturated rings. The molecule has 0 aromatic carbocycles. The van der Waals surface area contributed by atoms with Gasteiger partial charge in [-0.05, 0) is 25.0 Å². The van der Waals surface area contributed by atoms with E-state index in [1.54, 1.807) is 6.20 Å². The summed E-state index contributed by atoms with van der Waals surface area (Å²) in [7, 11) is 0. The maximum Gasteiger partial charge on any atom is 0.355 e. The van der Waals surface area contributed by atoms with Crippen molar-refractivity contribution in [1.82, 2.24) is 9.97 Å². The number of thiazole rings is 1. The van der Waals surface area contributed by atoms with Crippen LogP contribution in [0.1, 0.15) is 27.9 Å². The number of carbonyl (C=O) groups is 1. The highest BCUT2D eigenvalue weighted by Crippen LogP contribution is 2.27. The Hall–Kier alpha value is -1.75. The topological polar surface area (TPSA) is 63.1 Å². The van der Waals surface area contributed by atoms with Gasteiger partial charge in [0.25, 0.3) is 0 Å². The first-order chi connectivity index (χ1) is 8.11. The van der Waals surface area contributed by atoms with Gasteiger partial charge in [0.1, 0.15) is 5.01 Å². The van der Waals surface area contributed by atoms with Crippen LogP contribution in [0.25, 0.3) is 10.7 Å². The first kappa shape index (κ1) is 11.7. The fourth-order valence-electron chi connectivity index (χ4n) is 1.46. The van der Waals surface area contributed by atoms with E-state index in [1.807, 2.05) is 26.0 Å². The Morgan fingerprint density at radius 1 is 1.47 bits per heavy atom. The van der Waals surface area contributed by atoms with Crippen molar-refractivity contribution in [3.05, 3.63) is 34.5 Å². The van der Waals surface area contributed by atoms with Crippen LogP contribution in [0.2, 0.25) is 0 Å². The lowest BCUT2D eigenvalue weighted by molar-refractivity contribution is 0.0690.